The zero-order valence-electron chi connectivity index (χ0n) is 17.8. The van der Waals surface area contributed by atoms with Gasteiger partial charge >= 0.3 is 5.97 Å². The topological polar surface area (TPSA) is 84.0 Å². The minimum Gasteiger partial charge on any atom is -0.451 e. The van der Waals surface area contributed by atoms with E-state index in [1.807, 2.05) is 6.07 Å². The van der Waals surface area contributed by atoms with E-state index in [2.05, 4.69) is 6.92 Å². The van der Waals surface area contributed by atoms with Gasteiger partial charge in [-0.3, -0.25) is 4.79 Å². The fraction of sp³-hybridized carbons (Fsp3) is 0.455. The first-order valence-corrected chi connectivity index (χ1v) is 13.2. The summed E-state index contributed by atoms with van der Waals surface area (Å²) >= 11 is 7.29. The SMILES string of the molecule is CC1CCc2sc(C(=O)OCC(=O)N3CCN(S(=O)(=O)c4ccc(Cl)cc4)CC3)cc2C1. The van der Waals surface area contributed by atoms with E-state index in [4.69, 9.17) is 16.3 Å². The van der Waals surface area contributed by atoms with Gasteiger partial charge in [-0.1, -0.05) is 18.5 Å². The molecule has 0 radical (unpaired) electrons. The minimum atomic E-state index is -3.64. The lowest BCUT2D eigenvalue weighted by molar-refractivity contribution is -0.135. The molecule has 1 aliphatic heterocycles. The number of ether oxygens (including phenoxy) is 1. The summed E-state index contributed by atoms with van der Waals surface area (Å²) in [5, 5.41) is 0.464. The second-order valence-corrected chi connectivity index (χ2v) is 11.7. The lowest BCUT2D eigenvalue weighted by Crippen LogP contribution is -2.51. The van der Waals surface area contributed by atoms with E-state index in [1.54, 1.807) is 0 Å². The number of thiophene rings is 1. The van der Waals surface area contributed by atoms with Gasteiger partial charge in [0.25, 0.3) is 5.91 Å². The molecule has 0 spiro atoms. The maximum absolute atomic E-state index is 12.8. The maximum Gasteiger partial charge on any atom is 0.348 e. The summed E-state index contributed by atoms with van der Waals surface area (Å²) in [6.45, 7) is 2.71. The number of sulfonamides is 1. The molecular formula is C22H25ClN2O5S2. The van der Waals surface area contributed by atoms with Crippen molar-refractivity contribution in [2.75, 3.05) is 32.8 Å². The molecule has 0 saturated carbocycles. The number of esters is 1. The number of carbonyl (C=O) groups excluding carboxylic acids is 2. The Labute approximate surface area is 197 Å². The number of hydrogen-bond acceptors (Lipinski definition) is 6. The summed E-state index contributed by atoms with van der Waals surface area (Å²) in [5.74, 6) is -0.184. The van der Waals surface area contributed by atoms with Crippen molar-refractivity contribution in [1.29, 1.82) is 0 Å². The summed E-state index contributed by atoms with van der Waals surface area (Å²) in [4.78, 5) is 28.4. The number of carbonyl (C=O) groups is 2. The van der Waals surface area contributed by atoms with Crippen molar-refractivity contribution < 1.29 is 22.7 Å². The molecule has 1 saturated heterocycles. The van der Waals surface area contributed by atoms with Gasteiger partial charge in [-0.2, -0.15) is 4.31 Å². The molecule has 2 heterocycles. The zero-order valence-corrected chi connectivity index (χ0v) is 20.1. The van der Waals surface area contributed by atoms with E-state index < -0.39 is 16.0 Å². The van der Waals surface area contributed by atoms with Crippen LogP contribution in [0, 0.1) is 5.92 Å². The number of rotatable bonds is 5. The molecule has 1 unspecified atom stereocenters. The first kappa shape index (κ1) is 23.2. The van der Waals surface area contributed by atoms with E-state index in [0.717, 1.165) is 19.3 Å². The normalized spacial score (nSPS) is 19.4. The van der Waals surface area contributed by atoms with Crippen molar-refractivity contribution in [1.82, 2.24) is 9.21 Å². The highest BCUT2D eigenvalue weighted by Crippen LogP contribution is 2.32. The molecule has 2 aliphatic rings. The second-order valence-electron chi connectivity index (χ2n) is 8.22. The van der Waals surface area contributed by atoms with Gasteiger partial charge in [-0.25, -0.2) is 13.2 Å². The second kappa shape index (κ2) is 9.51. The number of fused-ring (bicyclic) bond motifs is 1. The Morgan fingerprint density at radius 1 is 1.16 bits per heavy atom. The average molecular weight is 497 g/mol. The number of aryl methyl sites for hydroxylation is 1. The molecule has 10 heteroatoms. The van der Waals surface area contributed by atoms with Crippen LogP contribution in [0.25, 0.3) is 0 Å². The van der Waals surface area contributed by atoms with Crippen LogP contribution in [0.3, 0.4) is 0 Å². The predicted octanol–water partition coefficient (Wildman–Crippen LogP) is 3.22. The molecule has 1 aromatic carbocycles. The summed E-state index contributed by atoms with van der Waals surface area (Å²) in [7, 11) is -3.64. The zero-order chi connectivity index (χ0) is 22.9. The molecule has 0 N–H and O–H groups in total. The van der Waals surface area contributed by atoms with Crippen molar-refractivity contribution in [3.8, 4) is 0 Å². The molecular weight excluding hydrogens is 472 g/mol. The van der Waals surface area contributed by atoms with E-state index in [-0.39, 0.29) is 43.6 Å². The molecule has 1 aliphatic carbocycles. The van der Waals surface area contributed by atoms with Crippen LogP contribution in [-0.2, 0) is 32.4 Å². The summed E-state index contributed by atoms with van der Waals surface area (Å²) in [6, 6.07) is 7.90. The standard InChI is InChI=1S/C22H25ClN2O5S2/c1-15-2-7-19-16(12-15)13-20(31-19)22(27)30-14-21(26)24-8-10-25(11-9-24)32(28,29)18-5-3-17(23)4-6-18/h3-6,13,15H,2,7-12,14H2,1H3. The van der Waals surface area contributed by atoms with Gasteiger partial charge in [0.05, 0.1) is 4.90 Å². The van der Waals surface area contributed by atoms with Crippen molar-refractivity contribution in [2.45, 2.75) is 31.1 Å². The lowest BCUT2D eigenvalue weighted by atomic mass is 9.90. The number of amides is 1. The number of benzene rings is 1. The molecule has 2 aromatic rings. The summed E-state index contributed by atoms with van der Waals surface area (Å²) in [6.07, 6.45) is 3.08. The molecule has 172 valence electrons. The quantitative estimate of drug-likeness (QED) is 0.593. The number of hydrogen-bond donors (Lipinski definition) is 0. The maximum atomic E-state index is 12.8. The third-order valence-corrected chi connectivity index (χ3v) is 9.28. The van der Waals surface area contributed by atoms with Crippen LogP contribution < -0.4 is 0 Å². The van der Waals surface area contributed by atoms with Gasteiger partial charge in [0, 0.05) is 36.1 Å². The van der Waals surface area contributed by atoms with Crippen LogP contribution >= 0.6 is 22.9 Å². The van der Waals surface area contributed by atoms with Gasteiger partial charge in [-0.05, 0) is 61.1 Å². The molecule has 1 aromatic heterocycles. The first-order chi connectivity index (χ1) is 15.2. The van der Waals surface area contributed by atoms with Crippen LogP contribution in [0.2, 0.25) is 5.02 Å². The van der Waals surface area contributed by atoms with E-state index in [1.165, 1.54) is 55.2 Å². The minimum absolute atomic E-state index is 0.170. The molecule has 1 atom stereocenters. The van der Waals surface area contributed by atoms with Crippen LogP contribution in [0.4, 0.5) is 0 Å². The number of nitrogens with zero attached hydrogens (tertiary/aromatic N) is 2. The predicted molar refractivity (Wildman–Crippen MR) is 123 cm³/mol. The Bertz CT molecular complexity index is 1110. The van der Waals surface area contributed by atoms with Crippen molar-refractivity contribution in [2.24, 2.45) is 5.92 Å². The Hall–Kier alpha value is -1.94. The highest BCUT2D eigenvalue weighted by atomic mass is 35.5. The van der Waals surface area contributed by atoms with Gasteiger partial charge < -0.3 is 9.64 Å². The molecule has 32 heavy (non-hydrogen) atoms. The smallest absolute Gasteiger partial charge is 0.348 e. The van der Waals surface area contributed by atoms with Gasteiger partial charge in [0.15, 0.2) is 6.61 Å². The fourth-order valence-corrected chi connectivity index (χ4v) is 6.68. The summed E-state index contributed by atoms with van der Waals surface area (Å²) in [5.41, 5.74) is 1.21. The largest absolute Gasteiger partial charge is 0.451 e. The molecule has 7 nitrogen and oxygen atoms in total. The monoisotopic (exact) mass is 496 g/mol. The highest BCUT2D eigenvalue weighted by molar-refractivity contribution is 7.89. The fourth-order valence-electron chi connectivity index (χ4n) is 4.03. The van der Waals surface area contributed by atoms with Crippen molar-refractivity contribution in [3.63, 3.8) is 0 Å². The first-order valence-electron chi connectivity index (χ1n) is 10.6. The molecule has 4 rings (SSSR count). The average Bonchev–Trinajstić information content (AvgIpc) is 3.21. The number of piperazine rings is 1. The van der Waals surface area contributed by atoms with Gasteiger partial charge in [-0.15, -0.1) is 11.3 Å². The van der Waals surface area contributed by atoms with Crippen molar-refractivity contribution in [3.05, 3.63) is 50.7 Å². The molecule has 1 fully saturated rings. The molecule has 0 bridgehead atoms. The third-order valence-electron chi connectivity index (χ3n) is 5.90. The Balaban J connectivity index is 1.28. The Morgan fingerprint density at radius 3 is 2.53 bits per heavy atom. The Morgan fingerprint density at radius 2 is 1.84 bits per heavy atom. The van der Waals surface area contributed by atoms with Crippen LogP contribution in [0.1, 0.15) is 33.5 Å². The van der Waals surface area contributed by atoms with E-state index >= 15 is 0 Å². The van der Waals surface area contributed by atoms with Gasteiger partial charge in [0.2, 0.25) is 10.0 Å². The Kier molecular flexibility index (Phi) is 6.90. The van der Waals surface area contributed by atoms with Crippen LogP contribution in [-0.4, -0.2) is 62.3 Å². The van der Waals surface area contributed by atoms with E-state index in [0.29, 0.717) is 15.8 Å². The molecule has 1 amide bonds. The highest BCUT2D eigenvalue weighted by Gasteiger charge is 2.30. The van der Waals surface area contributed by atoms with Crippen molar-refractivity contribution >= 4 is 44.8 Å². The number of halogens is 1. The lowest BCUT2D eigenvalue weighted by Gasteiger charge is -2.33. The van der Waals surface area contributed by atoms with Crippen LogP contribution in [0.5, 0.6) is 0 Å². The van der Waals surface area contributed by atoms with Gasteiger partial charge in [0.1, 0.15) is 4.88 Å². The van der Waals surface area contributed by atoms with E-state index in [9.17, 15) is 18.0 Å². The summed E-state index contributed by atoms with van der Waals surface area (Å²) < 4.78 is 32.1. The third kappa shape index (κ3) is 5.01. The van der Waals surface area contributed by atoms with Crippen LogP contribution in [0.15, 0.2) is 35.2 Å².